The van der Waals surface area contributed by atoms with E-state index in [0.717, 1.165) is 5.69 Å². The van der Waals surface area contributed by atoms with Crippen LogP contribution in [0.25, 0.3) is 11.3 Å². The molecule has 3 nitrogen and oxygen atoms in total. The average Bonchev–Trinajstić information content (AvgIpc) is 2.64. The summed E-state index contributed by atoms with van der Waals surface area (Å²) in [5.41, 5.74) is 1.44. The van der Waals surface area contributed by atoms with Crippen molar-refractivity contribution in [3.8, 4) is 11.3 Å². The molecule has 0 amide bonds. The van der Waals surface area contributed by atoms with Crippen molar-refractivity contribution >= 4 is 17.6 Å². The van der Waals surface area contributed by atoms with Gasteiger partial charge in [0.2, 0.25) is 0 Å². The Morgan fingerprint density at radius 3 is 2.75 bits per heavy atom. The van der Waals surface area contributed by atoms with Crippen LogP contribution in [-0.4, -0.2) is 12.0 Å². The fraction of sp³-hybridized carbons (Fsp3) is 0.182. The highest BCUT2D eigenvalue weighted by atomic mass is 35.5. The molecular weight excluding hydrogens is 231 g/mol. The van der Waals surface area contributed by atoms with Gasteiger partial charge in [0, 0.05) is 12.6 Å². The zero-order valence-corrected chi connectivity index (χ0v) is 9.60. The average molecular weight is 241 g/mol. The summed E-state index contributed by atoms with van der Waals surface area (Å²) in [6, 6.07) is 4.85. The third-order valence-electron chi connectivity index (χ3n) is 2.19. The second kappa shape index (κ2) is 4.14. The molecule has 0 bridgehead atoms. The molecule has 16 heavy (non-hydrogen) atoms. The Hall–Kier alpha value is -1.55. The summed E-state index contributed by atoms with van der Waals surface area (Å²) in [4.78, 5) is 4.14. The highest BCUT2D eigenvalue weighted by Gasteiger charge is 2.12. The Labute approximate surface area is 97.3 Å². The van der Waals surface area contributed by atoms with E-state index in [9.17, 15) is 4.39 Å². The van der Waals surface area contributed by atoms with Gasteiger partial charge in [0.1, 0.15) is 5.82 Å². The van der Waals surface area contributed by atoms with Gasteiger partial charge in [-0.2, -0.15) is 4.98 Å². The van der Waals surface area contributed by atoms with Crippen LogP contribution in [0.15, 0.2) is 22.6 Å². The van der Waals surface area contributed by atoms with Crippen molar-refractivity contribution in [1.82, 2.24) is 4.98 Å². The first-order valence-corrected chi connectivity index (χ1v) is 5.10. The Morgan fingerprint density at radius 2 is 2.19 bits per heavy atom. The van der Waals surface area contributed by atoms with Gasteiger partial charge in [0.25, 0.3) is 6.01 Å². The number of aryl methyl sites for hydroxylation is 1. The van der Waals surface area contributed by atoms with Crippen LogP contribution in [0.4, 0.5) is 10.4 Å². The normalized spacial score (nSPS) is 10.5. The Bertz CT molecular complexity index is 525. The fourth-order valence-corrected chi connectivity index (χ4v) is 1.59. The maximum Gasteiger partial charge on any atom is 0.295 e. The molecule has 0 aliphatic heterocycles. The summed E-state index contributed by atoms with van der Waals surface area (Å²) < 4.78 is 18.4. The van der Waals surface area contributed by atoms with E-state index in [1.54, 1.807) is 13.1 Å². The van der Waals surface area contributed by atoms with Crippen molar-refractivity contribution in [2.75, 3.05) is 12.4 Å². The number of nitrogens with zero attached hydrogens (tertiary/aromatic N) is 1. The standard InChI is InChI=1S/C11H10ClFN2O/c1-6-10(16-11(14-2)15-6)7-3-4-9(13)8(12)5-7/h3-5H,1-2H3,(H,14,15). The zero-order chi connectivity index (χ0) is 11.7. The summed E-state index contributed by atoms with van der Waals surface area (Å²) in [6.45, 7) is 1.82. The number of nitrogens with one attached hydrogen (secondary N) is 1. The number of hydrogen-bond donors (Lipinski definition) is 1. The predicted molar refractivity (Wildman–Crippen MR) is 61.2 cm³/mol. The maximum atomic E-state index is 13.0. The molecular formula is C11H10ClFN2O. The highest BCUT2D eigenvalue weighted by Crippen LogP contribution is 2.29. The molecule has 0 aliphatic carbocycles. The van der Waals surface area contributed by atoms with Crippen LogP contribution >= 0.6 is 11.6 Å². The number of aromatic nitrogens is 1. The van der Waals surface area contributed by atoms with E-state index in [4.69, 9.17) is 16.0 Å². The molecule has 84 valence electrons. The molecule has 2 rings (SSSR count). The van der Waals surface area contributed by atoms with Gasteiger partial charge in [-0.05, 0) is 25.1 Å². The first-order valence-electron chi connectivity index (χ1n) is 4.72. The van der Waals surface area contributed by atoms with E-state index >= 15 is 0 Å². The van der Waals surface area contributed by atoms with E-state index in [2.05, 4.69) is 10.3 Å². The van der Waals surface area contributed by atoms with Crippen LogP contribution in [0.3, 0.4) is 0 Å². The number of rotatable bonds is 2. The zero-order valence-electron chi connectivity index (χ0n) is 8.84. The van der Waals surface area contributed by atoms with Crippen molar-refractivity contribution in [2.24, 2.45) is 0 Å². The van der Waals surface area contributed by atoms with Crippen LogP contribution in [-0.2, 0) is 0 Å². The molecule has 0 fully saturated rings. The quantitative estimate of drug-likeness (QED) is 0.873. The summed E-state index contributed by atoms with van der Waals surface area (Å²) in [7, 11) is 1.71. The lowest BCUT2D eigenvalue weighted by Gasteiger charge is -1.99. The second-order valence-corrected chi connectivity index (χ2v) is 3.72. The van der Waals surface area contributed by atoms with E-state index < -0.39 is 5.82 Å². The molecule has 0 saturated heterocycles. The van der Waals surface area contributed by atoms with Gasteiger partial charge < -0.3 is 9.73 Å². The van der Waals surface area contributed by atoms with E-state index in [1.807, 2.05) is 6.92 Å². The lowest BCUT2D eigenvalue weighted by molar-refractivity contribution is 0.588. The molecule has 0 atom stereocenters. The minimum atomic E-state index is -0.448. The minimum absolute atomic E-state index is 0.0688. The van der Waals surface area contributed by atoms with Crippen molar-refractivity contribution in [3.63, 3.8) is 0 Å². The first kappa shape index (κ1) is 11.0. The van der Waals surface area contributed by atoms with E-state index in [1.165, 1.54) is 12.1 Å². The molecule has 0 unspecified atom stereocenters. The molecule has 1 N–H and O–H groups in total. The van der Waals surface area contributed by atoms with Crippen LogP contribution in [0.1, 0.15) is 5.69 Å². The Morgan fingerprint density at radius 1 is 1.44 bits per heavy atom. The van der Waals surface area contributed by atoms with E-state index in [0.29, 0.717) is 17.3 Å². The summed E-state index contributed by atoms with van der Waals surface area (Å²) in [5.74, 6) is 0.141. The van der Waals surface area contributed by atoms with Crippen LogP contribution in [0, 0.1) is 12.7 Å². The second-order valence-electron chi connectivity index (χ2n) is 3.31. The SMILES string of the molecule is CNc1nc(C)c(-c2ccc(F)c(Cl)c2)o1. The van der Waals surface area contributed by atoms with Crippen molar-refractivity contribution in [2.45, 2.75) is 6.92 Å². The van der Waals surface area contributed by atoms with Crippen molar-refractivity contribution in [3.05, 3.63) is 34.7 Å². The minimum Gasteiger partial charge on any atom is -0.423 e. The summed E-state index contributed by atoms with van der Waals surface area (Å²) in [6.07, 6.45) is 0. The van der Waals surface area contributed by atoms with Crippen molar-refractivity contribution in [1.29, 1.82) is 0 Å². The Kier molecular flexibility index (Phi) is 2.83. The maximum absolute atomic E-state index is 13.0. The largest absolute Gasteiger partial charge is 0.423 e. The van der Waals surface area contributed by atoms with Gasteiger partial charge >= 0.3 is 0 Å². The van der Waals surface area contributed by atoms with Crippen molar-refractivity contribution < 1.29 is 8.81 Å². The number of anilines is 1. The molecule has 1 aromatic carbocycles. The van der Waals surface area contributed by atoms with Gasteiger partial charge in [-0.25, -0.2) is 4.39 Å². The molecule has 0 radical (unpaired) electrons. The molecule has 2 aromatic rings. The number of hydrogen-bond acceptors (Lipinski definition) is 3. The number of oxazole rings is 1. The van der Waals surface area contributed by atoms with Crippen LogP contribution in [0.2, 0.25) is 5.02 Å². The lowest BCUT2D eigenvalue weighted by Crippen LogP contribution is -1.85. The fourth-order valence-electron chi connectivity index (χ4n) is 1.41. The smallest absolute Gasteiger partial charge is 0.295 e. The molecule has 0 saturated carbocycles. The summed E-state index contributed by atoms with van der Waals surface area (Å²) in [5, 5.41) is 2.87. The number of benzene rings is 1. The molecule has 5 heteroatoms. The monoisotopic (exact) mass is 240 g/mol. The lowest BCUT2D eigenvalue weighted by atomic mass is 10.1. The summed E-state index contributed by atoms with van der Waals surface area (Å²) >= 11 is 5.70. The van der Waals surface area contributed by atoms with Crippen LogP contribution < -0.4 is 5.32 Å². The molecule has 0 spiro atoms. The third kappa shape index (κ3) is 1.88. The highest BCUT2D eigenvalue weighted by molar-refractivity contribution is 6.31. The van der Waals surface area contributed by atoms with Gasteiger partial charge in [-0.15, -0.1) is 0 Å². The third-order valence-corrected chi connectivity index (χ3v) is 2.48. The molecule has 1 aromatic heterocycles. The Balaban J connectivity index is 2.49. The molecule has 1 heterocycles. The molecule has 0 aliphatic rings. The number of halogens is 2. The van der Waals surface area contributed by atoms with Gasteiger partial charge in [0.15, 0.2) is 5.76 Å². The van der Waals surface area contributed by atoms with Gasteiger partial charge in [0.05, 0.1) is 10.7 Å². The topological polar surface area (TPSA) is 38.1 Å². The van der Waals surface area contributed by atoms with Crippen LogP contribution in [0.5, 0.6) is 0 Å². The first-order chi connectivity index (χ1) is 7.61. The predicted octanol–water partition coefficient (Wildman–Crippen LogP) is 3.48. The van der Waals surface area contributed by atoms with Gasteiger partial charge in [-0.3, -0.25) is 0 Å². The van der Waals surface area contributed by atoms with E-state index in [-0.39, 0.29) is 5.02 Å². The van der Waals surface area contributed by atoms with Gasteiger partial charge in [-0.1, -0.05) is 11.6 Å².